The topological polar surface area (TPSA) is 33.5 Å². The van der Waals surface area contributed by atoms with Crippen LogP contribution in [-0.4, -0.2) is 23.3 Å². The average molecular weight is 789 g/mol. The standard InChI is InChI=1S/C56H44N4O/c1-55(2,3)39-26-25-37-23-24-38-16-12-18-42(36-14-6-5-7-15-36)53(38)56(47(37)32-39)45-30-28-41(34-51(45)59-35-58(4)49-21-13-19-46(56)54(49)59)61-40-27-29-44-43-17-8-9-20-48(43)60(50(44)33-40)52-22-10-11-31-57-52/h5-34H,35H2,1-4H3. The highest BCUT2D eigenvalue weighted by Crippen LogP contribution is 2.63. The molecule has 9 aromatic rings. The van der Waals surface area contributed by atoms with Crippen molar-refractivity contribution in [2.75, 3.05) is 23.5 Å². The number of benzene rings is 7. The van der Waals surface area contributed by atoms with Gasteiger partial charge in [0.1, 0.15) is 17.3 Å². The molecule has 3 aliphatic rings. The molecule has 0 radical (unpaired) electrons. The normalized spacial score (nSPS) is 16.1. The largest absolute Gasteiger partial charge is 0.457 e. The van der Waals surface area contributed by atoms with Crippen molar-refractivity contribution in [2.24, 2.45) is 0 Å². The fourth-order valence-corrected chi connectivity index (χ4v) is 10.5. The van der Waals surface area contributed by atoms with Crippen LogP contribution in [0, 0.1) is 0 Å². The highest BCUT2D eigenvalue weighted by Gasteiger charge is 2.52. The molecule has 12 rings (SSSR count). The van der Waals surface area contributed by atoms with Gasteiger partial charge in [-0.3, -0.25) is 4.57 Å². The van der Waals surface area contributed by atoms with Gasteiger partial charge >= 0.3 is 0 Å². The van der Waals surface area contributed by atoms with Gasteiger partial charge in [-0.25, -0.2) is 4.98 Å². The van der Waals surface area contributed by atoms with Gasteiger partial charge in [-0.1, -0.05) is 142 Å². The van der Waals surface area contributed by atoms with Crippen LogP contribution in [0.3, 0.4) is 0 Å². The first-order chi connectivity index (χ1) is 29.8. The molecule has 1 unspecified atom stereocenters. The molecule has 4 heterocycles. The maximum Gasteiger partial charge on any atom is 0.137 e. The number of fused-ring (bicyclic) bond motifs is 11. The molecule has 2 aromatic heterocycles. The fourth-order valence-electron chi connectivity index (χ4n) is 10.5. The Labute approximate surface area is 356 Å². The van der Waals surface area contributed by atoms with Crippen LogP contribution in [0.1, 0.15) is 59.7 Å². The SMILES string of the molecule is CN1CN2c3cc(Oc4ccc5c6ccccc6n(-c6ccccn6)c5c4)ccc3C3(c4cc(C(C)(C)C)ccc4C=Cc4cccc(-c5ccccc5)c43)c3cccc1c32. The van der Waals surface area contributed by atoms with Crippen molar-refractivity contribution in [3.63, 3.8) is 0 Å². The maximum atomic E-state index is 6.97. The van der Waals surface area contributed by atoms with Crippen molar-refractivity contribution in [1.29, 1.82) is 0 Å². The molecule has 1 atom stereocenters. The molecule has 61 heavy (non-hydrogen) atoms. The van der Waals surface area contributed by atoms with E-state index >= 15 is 0 Å². The predicted octanol–water partition coefficient (Wildman–Crippen LogP) is 13.7. The Morgan fingerprint density at radius 1 is 0.590 bits per heavy atom. The van der Waals surface area contributed by atoms with E-state index in [1.807, 2.05) is 18.3 Å². The Kier molecular flexibility index (Phi) is 7.62. The van der Waals surface area contributed by atoms with Crippen LogP contribution in [0.15, 0.2) is 170 Å². The van der Waals surface area contributed by atoms with E-state index in [0.717, 1.165) is 46.1 Å². The van der Waals surface area contributed by atoms with Crippen LogP contribution in [0.5, 0.6) is 11.5 Å². The number of aromatic nitrogens is 2. The van der Waals surface area contributed by atoms with Crippen molar-refractivity contribution < 1.29 is 4.74 Å². The number of ether oxygens (including phenoxy) is 1. The van der Waals surface area contributed by atoms with Crippen LogP contribution in [0.2, 0.25) is 0 Å². The van der Waals surface area contributed by atoms with E-state index in [2.05, 4.69) is 206 Å². The van der Waals surface area contributed by atoms with Crippen LogP contribution >= 0.6 is 0 Å². The third kappa shape index (κ3) is 5.16. The summed E-state index contributed by atoms with van der Waals surface area (Å²) in [6.07, 6.45) is 6.53. The van der Waals surface area contributed by atoms with E-state index in [-0.39, 0.29) is 5.41 Å². The second kappa shape index (κ2) is 13.1. The Bertz CT molecular complexity index is 3270. The van der Waals surface area contributed by atoms with Crippen molar-refractivity contribution in [3.8, 4) is 28.4 Å². The summed E-state index contributed by atoms with van der Waals surface area (Å²) >= 11 is 0. The zero-order chi connectivity index (χ0) is 41.0. The van der Waals surface area contributed by atoms with Gasteiger partial charge in [0.25, 0.3) is 0 Å². The van der Waals surface area contributed by atoms with Gasteiger partial charge in [-0.2, -0.15) is 0 Å². The van der Waals surface area contributed by atoms with Crippen molar-refractivity contribution in [3.05, 3.63) is 209 Å². The minimum atomic E-state index is -0.675. The lowest BCUT2D eigenvalue weighted by molar-refractivity contribution is 0.482. The summed E-state index contributed by atoms with van der Waals surface area (Å²) in [5, 5.41) is 2.35. The number of rotatable bonds is 4. The molecule has 0 saturated heterocycles. The minimum absolute atomic E-state index is 0.0581. The lowest BCUT2D eigenvalue weighted by atomic mass is 9.59. The smallest absolute Gasteiger partial charge is 0.137 e. The summed E-state index contributed by atoms with van der Waals surface area (Å²) in [6.45, 7) is 7.69. The van der Waals surface area contributed by atoms with E-state index in [4.69, 9.17) is 9.72 Å². The molecule has 5 nitrogen and oxygen atoms in total. The summed E-state index contributed by atoms with van der Waals surface area (Å²) < 4.78 is 9.21. The monoisotopic (exact) mass is 788 g/mol. The van der Waals surface area contributed by atoms with Crippen molar-refractivity contribution in [1.82, 2.24) is 9.55 Å². The quantitative estimate of drug-likeness (QED) is 0.178. The molecule has 5 heteroatoms. The number of anilines is 3. The first-order valence-electron chi connectivity index (χ1n) is 21.2. The lowest BCUT2D eigenvalue weighted by Gasteiger charge is -2.46. The molecule has 0 fully saturated rings. The number of hydrogen-bond donors (Lipinski definition) is 0. The summed E-state index contributed by atoms with van der Waals surface area (Å²) in [5.74, 6) is 2.44. The molecule has 2 aliphatic heterocycles. The summed E-state index contributed by atoms with van der Waals surface area (Å²) in [7, 11) is 2.21. The second-order valence-corrected chi connectivity index (χ2v) is 17.7. The summed E-state index contributed by atoms with van der Waals surface area (Å²) in [6, 6.07) is 59.7. The van der Waals surface area contributed by atoms with E-state index in [9.17, 15) is 0 Å². The molecule has 7 aromatic carbocycles. The number of pyridine rings is 1. The van der Waals surface area contributed by atoms with Gasteiger partial charge in [0.05, 0.1) is 40.2 Å². The van der Waals surface area contributed by atoms with E-state index in [0.29, 0.717) is 0 Å². The van der Waals surface area contributed by atoms with Gasteiger partial charge < -0.3 is 14.5 Å². The minimum Gasteiger partial charge on any atom is -0.457 e. The first-order valence-corrected chi connectivity index (χ1v) is 21.2. The number of nitrogens with zero attached hydrogens (tertiary/aromatic N) is 4. The van der Waals surface area contributed by atoms with E-state index in [1.54, 1.807) is 0 Å². The predicted molar refractivity (Wildman–Crippen MR) is 252 cm³/mol. The molecule has 1 spiro atoms. The molecule has 0 amide bonds. The Morgan fingerprint density at radius 3 is 2.21 bits per heavy atom. The maximum absolute atomic E-state index is 6.97. The van der Waals surface area contributed by atoms with Crippen LogP contribution in [0.4, 0.5) is 17.1 Å². The number of hydrogen-bond acceptors (Lipinski definition) is 4. The molecule has 0 N–H and O–H groups in total. The summed E-state index contributed by atoms with van der Waals surface area (Å²) in [5.41, 5.74) is 16.4. The highest BCUT2D eigenvalue weighted by atomic mass is 16.5. The molecule has 0 bridgehead atoms. The third-order valence-corrected chi connectivity index (χ3v) is 13.2. The molecule has 0 saturated carbocycles. The van der Waals surface area contributed by atoms with Crippen LogP contribution < -0.4 is 14.5 Å². The van der Waals surface area contributed by atoms with Gasteiger partial charge in [0.15, 0.2) is 0 Å². The van der Waals surface area contributed by atoms with Crippen molar-refractivity contribution >= 4 is 51.0 Å². The fraction of sp³-hybridized carbons (Fsp3) is 0.125. The van der Waals surface area contributed by atoms with E-state index in [1.165, 1.54) is 66.8 Å². The summed E-state index contributed by atoms with van der Waals surface area (Å²) in [4.78, 5) is 9.65. The Morgan fingerprint density at radius 2 is 1.36 bits per heavy atom. The van der Waals surface area contributed by atoms with E-state index < -0.39 is 5.41 Å². The molecular weight excluding hydrogens is 745 g/mol. The zero-order valence-corrected chi connectivity index (χ0v) is 34.7. The van der Waals surface area contributed by atoms with Gasteiger partial charge in [-0.05, 0) is 98.0 Å². The Balaban J connectivity index is 1.12. The third-order valence-electron chi connectivity index (χ3n) is 13.2. The van der Waals surface area contributed by atoms with Crippen LogP contribution in [0.25, 0.3) is 50.9 Å². The molecule has 1 aliphatic carbocycles. The van der Waals surface area contributed by atoms with Crippen LogP contribution in [-0.2, 0) is 10.8 Å². The molecular formula is C56H44N4O. The second-order valence-electron chi connectivity index (χ2n) is 17.7. The van der Waals surface area contributed by atoms with Crippen molar-refractivity contribution in [2.45, 2.75) is 31.6 Å². The lowest BCUT2D eigenvalue weighted by Crippen LogP contribution is -2.40. The van der Waals surface area contributed by atoms with Gasteiger partial charge in [0.2, 0.25) is 0 Å². The van der Waals surface area contributed by atoms with Gasteiger partial charge in [-0.15, -0.1) is 0 Å². The molecule has 294 valence electrons. The Hall–Kier alpha value is -7.37. The zero-order valence-electron chi connectivity index (χ0n) is 34.7. The highest BCUT2D eigenvalue weighted by molar-refractivity contribution is 6.09. The average Bonchev–Trinajstić information content (AvgIpc) is 3.76. The van der Waals surface area contributed by atoms with Gasteiger partial charge in [0, 0.05) is 36.1 Å². The first kappa shape index (κ1) is 35.6. The number of para-hydroxylation sites is 2.